The Labute approximate surface area is 110 Å². The average Bonchev–Trinajstić information content (AvgIpc) is 2.33. The molecule has 1 heterocycles. The highest BCUT2D eigenvalue weighted by Gasteiger charge is 2.17. The van der Waals surface area contributed by atoms with Gasteiger partial charge in [0.05, 0.1) is 0 Å². The van der Waals surface area contributed by atoms with Crippen molar-refractivity contribution in [1.29, 1.82) is 0 Å². The molecule has 1 aromatic rings. The molecule has 2 rings (SSSR count). The van der Waals surface area contributed by atoms with Crippen molar-refractivity contribution in [2.24, 2.45) is 5.92 Å². The van der Waals surface area contributed by atoms with Crippen LogP contribution < -0.4 is 0 Å². The van der Waals surface area contributed by atoms with E-state index in [1.807, 2.05) is 6.07 Å². The molecule has 1 aliphatic rings. The van der Waals surface area contributed by atoms with Gasteiger partial charge in [0.2, 0.25) is 0 Å². The van der Waals surface area contributed by atoms with Crippen molar-refractivity contribution in [2.75, 3.05) is 13.1 Å². The molecule has 2 nitrogen and oxygen atoms in total. The van der Waals surface area contributed by atoms with Crippen LogP contribution in [0.25, 0.3) is 0 Å². The number of carbonyl (C=O) groups is 1. The van der Waals surface area contributed by atoms with Crippen molar-refractivity contribution >= 4 is 6.29 Å². The van der Waals surface area contributed by atoms with Gasteiger partial charge in [0.15, 0.2) is 0 Å². The number of aryl methyl sites for hydroxylation is 1. The van der Waals surface area contributed by atoms with Crippen molar-refractivity contribution in [3.8, 4) is 0 Å². The predicted octanol–water partition coefficient (Wildman–Crippen LogP) is 3.35. The summed E-state index contributed by atoms with van der Waals surface area (Å²) in [5, 5.41) is 0. The first-order valence-electron chi connectivity index (χ1n) is 6.88. The summed E-state index contributed by atoms with van der Waals surface area (Å²) in [6.07, 6.45) is 3.63. The first-order chi connectivity index (χ1) is 8.60. The summed E-state index contributed by atoms with van der Waals surface area (Å²) in [5.74, 6) is 0.800. The Kier molecular flexibility index (Phi) is 4.18. The minimum Gasteiger partial charge on any atom is -0.299 e. The summed E-state index contributed by atoms with van der Waals surface area (Å²) < 4.78 is 0. The minimum absolute atomic E-state index is 0.800. The molecule has 1 saturated heterocycles. The lowest BCUT2D eigenvalue weighted by Crippen LogP contribution is -2.34. The van der Waals surface area contributed by atoms with Crippen molar-refractivity contribution in [1.82, 2.24) is 4.90 Å². The number of carbonyl (C=O) groups excluding carboxylic acids is 1. The molecule has 0 N–H and O–H groups in total. The molecule has 18 heavy (non-hydrogen) atoms. The third kappa shape index (κ3) is 2.99. The maximum absolute atomic E-state index is 11.1. The number of aldehydes is 1. The van der Waals surface area contributed by atoms with Crippen LogP contribution in [-0.4, -0.2) is 24.3 Å². The predicted molar refractivity (Wildman–Crippen MR) is 75.0 cm³/mol. The van der Waals surface area contributed by atoms with Gasteiger partial charge in [-0.15, -0.1) is 0 Å². The fourth-order valence-electron chi connectivity index (χ4n) is 2.92. The molecule has 0 radical (unpaired) electrons. The molecule has 0 saturated carbocycles. The Balaban J connectivity index is 2.17. The van der Waals surface area contributed by atoms with Crippen LogP contribution >= 0.6 is 0 Å². The van der Waals surface area contributed by atoms with Gasteiger partial charge in [-0.25, -0.2) is 0 Å². The van der Waals surface area contributed by atoms with Crippen molar-refractivity contribution in [2.45, 2.75) is 40.2 Å². The Bertz CT molecular complexity index is 439. The zero-order valence-electron chi connectivity index (χ0n) is 11.7. The van der Waals surface area contributed by atoms with E-state index in [4.69, 9.17) is 0 Å². The van der Waals surface area contributed by atoms with E-state index in [0.717, 1.165) is 29.9 Å². The Morgan fingerprint density at radius 1 is 1.39 bits per heavy atom. The molecule has 0 aliphatic carbocycles. The van der Waals surface area contributed by atoms with Crippen LogP contribution in [0.1, 0.15) is 46.8 Å². The van der Waals surface area contributed by atoms with E-state index < -0.39 is 0 Å². The van der Waals surface area contributed by atoms with Gasteiger partial charge in [0, 0.05) is 18.7 Å². The molecule has 1 aromatic carbocycles. The van der Waals surface area contributed by atoms with Crippen LogP contribution in [0, 0.1) is 19.8 Å². The number of hydrogen-bond acceptors (Lipinski definition) is 2. The lowest BCUT2D eigenvalue weighted by Gasteiger charge is -2.31. The maximum Gasteiger partial charge on any atom is 0.150 e. The highest BCUT2D eigenvalue weighted by atomic mass is 16.1. The van der Waals surface area contributed by atoms with E-state index in [1.165, 1.54) is 37.1 Å². The van der Waals surface area contributed by atoms with E-state index in [0.29, 0.717) is 0 Å². The molecule has 1 atom stereocenters. The van der Waals surface area contributed by atoms with E-state index in [2.05, 4.69) is 31.7 Å². The Hall–Kier alpha value is -1.15. The highest BCUT2D eigenvalue weighted by molar-refractivity contribution is 5.78. The van der Waals surface area contributed by atoms with Crippen LogP contribution in [-0.2, 0) is 6.54 Å². The summed E-state index contributed by atoms with van der Waals surface area (Å²) in [5.41, 5.74) is 4.48. The quantitative estimate of drug-likeness (QED) is 0.761. The lowest BCUT2D eigenvalue weighted by molar-refractivity contribution is 0.112. The SMILES string of the molecule is Cc1cc(C=O)c(C)c(CN2CCCC(C)C2)c1. The van der Waals surface area contributed by atoms with Crippen LogP contribution in [0.15, 0.2) is 12.1 Å². The van der Waals surface area contributed by atoms with Crippen molar-refractivity contribution in [3.63, 3.8) is 0 Å². The number of piperidine rings is 1. The van der Waals surface area contributed by atoms with Gasteiger partial charge in [-0.3, -0.25) is 9.69 Å². The van der Waals surface area contributed by atoms with Crippen LogP contribution in [0.4, 0.5) is 0 Å². The fraction of sp³-hybridized carbons (Fsp3) is 0.562. The van der Waals surface area contributed by atoms with Gasteiger partial charge in [-0.05, 0) is 56.3 Å². The lowest BCUT2D eigenvalue weighted by atomic mass is 9.96. The normalized spacial score (nSPS) is 20.9. The molecule has 0 amide bonds. The molecule has 1 unspecified atom stereocenters. The van der Waals surface area contributed by atoms with E-state index in [-0.39, 0.29) is 0 Å². The number of benzene rings is 1. The van der Waals surface area contributed by atoms with Crippen molar-refractivity contribution < 1.29 is 4.79 Å². The number of nitrogens with zero attached hydrogens (tertiary/aromatic N) is 1. The van der Waals surface area contributed by atoms with Crippen LogP contribution in [0.3, 0.4) is 0 Å². The van der Waals surface area contributed by atoms with Gasteiger partial charge in [0.1, 0.15) is 6.29 Å². The molecule has 0 aromatic heterocycles. The maximum atomic E-state index is 11.1. The summed E-state index contributed by atoms with van der Waals surface area (Å²) in [7, 11) is 0. The highest BCUT2D eigenvalue weighted by Crippen LogP contribution is 2.21. The second kappa shape index (κ2) is 5.66. The fourth-order valence-corrected chi connectivity index (χ4v) is 2.92. The van der Waals surface area contributed by atoms with Gasteiger partial charge in [-0.1, -0.05) is 18.6 Å². The number of likely N-dealkylation sites (tertiary alicyclic amines) is 1. The molecule has 0 spiro atoms. The molecule has 98 valence electrons. The topological polar surface area (TPSA) is 20.3 Å². The molecular weight excluding hydrogens is 222 g/mol. The van der Waals surface area contributed by atoms with Crippen LogP contribution in [0.2, 0.25) is 0 Å². The van der Waals surface area contributed by atoms with E-state index >= 15 is 0 Å². The monoisotopic (exact) mass is 245 g/mol. The van der Waals surface area contributed by atoms with Gasteiger partial charge >= 0.3 is 0 Å². The third-order valence-corrected chi connectivity index (χ3v) is 3.96. The zero-order chi connectivity index (χ0) is 13.1. The Morgan fingerprint density at radius 3 is 2.83 bits per heavy atom. The molecule has 1 fully saturated rings. The van der Waals surface area contributed by atoms with Gasteiger partial charge in [0.25, 0.3) is 0 Å². The summed E-state index contributed by atoms with van der Waals surface area (Å²) in [6.45, 7) is 9.81. The third-order valence-electron chi connectivity index (χ3n) is 3.96. The summed E-state index contributed by atoms with van der Waals surface area (Å²) >= 11 is 0. The van der Waals surface area contributed by atoms with Crippen LogP contribution in [0.5, 0.6) is 0 Å². The largest absolute Gasteiger partial charge is 0.299 e. The summed E-state index contributed by atoms with van der Waals surface area (Å²) in [4.78, 5) is 13.6. The molecular formula is C16H23NO. The Morgan fingerprint density at radius 2 is 2.17 bits per heavy atom. The minimum atomic E-state index is 0.800. The smallest absolute Gasteiger partial charge is 0.150 e. The molecule has 0 bridgehead atoms. The van der Waals surface area contributed by atoms with E-state index in [9.17, 15) is 4.79 Å². The van der Waals surface area contributed by atoms with Crippen molar-refractivity contribution in [3.05, 3.63) is 34.4 Å². The second-order valence-corrected chi connectivity index (χ2v) is 5.74. The van der Waals surface area contributed by atoms with Gasteiger partial charge in [-0.2, -0.15) is 0 Å². The molecule has 1 aliphatic heterocycles. The standard InChI is InChI=1S/C16H23NO/c1-12-5-4-6-17(9-12)10-15-7-13(2)8-16(11-18)14(15)3/h7-8,11-12H,4-6,9-10H2,1-3H3. The first-order valence-corrected chi connectivity index (χ1v) is 6.88. The van der Waals surface area contributed by atoms with Gasteiger partial charge < -0.3 is 0 Å². The second-order valence-electron chi connectivity index (χ2n) is 5.74. The zero-order valence-corrected chi connectivity index (χ0v) is 11.7. The number of rotatable bonds is 3. The molecule has 2 heteroatoms. The number of hydrogen-bond donors (Lipinski definition) is 0. The summed E-state index contributed by atoms with van der Waals surface area (Å²) in [6, 6.07) is 4.20. The first kappa shape index (κ1) is 13.3. The van der Waals surface area contributed by atoms with E-state index in [1.54, 1.807) is 0 Å². The average molecular weight is 245 g/mol.